The number of carbonyl (C=O) groups is 1. The van der Waals surface area contributed by atoms with Gasteiger partial charge in [0.1, 0.15) is 5.82 Å². The van der Waals surface area contributed by atoms with E-state index in [9.17, 15) is 9.59 Å². The molecule has 1 saturated carbocycles. The highest BCUT2D eigenvalue weighted by molar-refractivity contribution is 5.85. The molecule has 0 atom stereocenters. The van der Waals surface area contributed by atoms with E-state index in [1.54, 1.807) is 6.07 Å². The molecule has 1 aliphatic rings. The molecule has 0 spiro atoms. The molecule has 7 heteroatoms. The number of aryl methyl sites for hydroxylation is 1. The Hall–Kier alpha value is -1.92. The third kappa shape index (κ3) is 6.91. The van der Waals surface area contributed by atoms with Crippen LogP contribution in [0.25, 0.3) is 10.9 Å². The average Bonchev–Trinajstić information content (AvgIpc) is 2.94. The van der Waals surface area contributed by atoms with Gasteiger partial charge in [-0.05, 0) is 31.4 Å². The second-order valence-electron chi connectivity index (χ2n) is 7.38. The van der Waals surface area contributed by atoms with Gasteiger partial charge in [-0.3, -0.25) is 9.59 Å². The minimum atomic E-state index is -0.121. The molecular formula is C21H31ClN4O2. The number of nitrogens with one attached hydrogen (secondary N) is 3. The SMILES string of the molecule is Cl.O=C(CCCc1nc2ccccc2c(=O)[nH]1)NCCNC1CCCCCC1. The van der Waals surface area contributed by atoms with Gasteiger partial charge in [-0.25, -0.2) is 4.98 Å². The van der Waals surface area contributed by atoms with Gasteiger partial charge in [0.05, 0.1) is 10.9 Å². The average molecular weight is 407 g/mol. The van der Waals surface area contributed by atoms with Crippen molar-refractivity contribution < 1.29 is 4.79 Å². The van der Waals surface area contributed by atoms with Crippen molar-refractivity contribution in [2.75, 3.05) is 13.1 Å². The Morgan fingerprint density at radius 2 is 1.86 bits per heavy atom. The van der Waals surface area contributed by atoms with Crippen LogP contribution < -0.4 is 16.2 Å². The highest BCUT2D eigenvalue weighted by Crippen LogP contribution is 2.16. The van der Waals surface area contributed by atoms with Crippen molar-refractivity contribution >= 4 is 29.2 Å². The van der Waals surface area contributed by atoms with E-state index in [0.717, 1.165) is 6.54 Å². The lowest BCUT2D eigenvalue weighted by Crippen LogP contribution is -2.36. The molecule has 154 valence electrons. The second kappa shape index (κ2) is 11.8. The first kappa shape index (κ1) is 22.4. The number of hydrogen-bond donors (Lipinski definition) is 3. The zero-order valence-corrected chi connectivity index (χ0v) is 17.2. The number of rotatable bonds is 8. The summed E-state index contributed by atoms with van der Waals surface area (Å²) >= 11 is 0. The first-order chi connectivity index (χ1) is 13.2. The van der Waals surface area contributed by atoms with Crippen molar-refractivity contribution in [1.82, 2.24) is 20.6 Å². The molecule has 2 aromatic rings. The Balaban J connectivity index is 0.00000280. The van der Waals surface area contributed by atoms with Crippen molar-refractivity contribution in [3.8, 4) is 0 Å². The summed E-state index contributed by atoms with van der Waals surface area (Å²) in [5.74, 6) is 0.697. The van der Waals surface area contributed by atoms with Crippen LogP contribution in [0.4, 0.5) is 0 Å². The quantitative estimate of drug-likeness (QED) is 0.464. The fourth-order valence-corrected chi connectivity index (χ4v) is 3.72. The summed E-state index contributed by atoms with van der Waals surface area (Å²) in [7, 11) is 0. The molecule has 0 radical (unpaired) electrons. The summed E-state index contributed by atoms with van der Waals surface area (Å²) in [6.45, 7) is 1.50. The van der Waals surface area contributed by atoms with Crippen molar-refractivity contribution in [3.05, 3.63) is 40.4 Å². The zero-order chi connectivity index (χ0) is 18.9. The molecule has 1 aromatic heterocycles. The van der Waals surface area contributed by atoms with E-state index in [1.165, 1.54) is 38.5 Å². The van der Waals surface area contributed by atoms with Crippen molar-refractivity contribution in [1.29, 1.82) is 0 Å². The molecule has 1 aromatic carbocycles. The van der Waals surface area contributed by atoms with Crippen LogP contribution in [0.5, 0.6) is 0 Å². The molecule has 3 N–H and O–H groups in total. The third-order valence-corrected chi connectivity index (χ3v) is 5.21. The van der Waals surface area contributed by atoms with Gasteiger partial charge in [-0.2, -0.15) is 0 Å². The molecule has 28 heavy (non-hydrogen) atoms. The Labute approximate surface area is 172 Å². The van der Waals surface area contributed by atoms with Gasteiger partial charge in [0.25, 0.3) is 5.56 Å². The van der Waals surface area contributed by atoms with Crippen LogP contribution in [-0.2, 0) is 11.2 Å². The molecule has 3 rings (SSSR count). The summed E-state index contributed by atoms with van der Waals surface area (Å²) in [5.41, 5.74) is 0.579. The number of amides is 1. The fraction of sp³-hybridized carbons (Fsp3) is 0.571. The topological polar surface area (TPSA) is 86.9 Å². The van der Waals surface area contributed by atoms with E-state index in [0.29, 0.717) is 48.6 Å². The van der Waals surface area contributed by atoms with Crippen LogP contribution in [0, 0.1) is 0 Å². The van der Waals surface area contributed by atoms with Gasteiger partial charge in [0, 0.05) is 32.0 Å². The van der Waals surface area contributed by atoms with E-state index >= 15 is 0 Å². The molecule has 0 aliphatic heterocycles. The number of carbonyl (C=O) groups excluding carboxylic acids is 1. The van der Waals surface area contributed by atoms with E-state index in [2.05, 4.69) is 20.6 Å². The zero-order valence-electron chi connectivity index (χ0n) is 16.3. The number of aromatic amines is 1. The highest BCUT2D eigenvalue weighted by atomic mass is 35.5. The summed E-state index contributed by atoms with van der Waals surface area (Å²) in [6.07, 6.45) is 9.55. The molecule has 1 amide bonds. The Bertz CT molecular complexity index is 800. The van der Waals surface area contributed by atoms with Gasteiger partial charge in [0.2, 0.25) is 5.91 Å². The van der Waals surface area contributed by atoms with E-state index in [-0.39, 0.29) is 23.9 Å². The molecule has 1 heterocycles. The number of benzene rings is 1. The maximum Gasteiger partial charge on any atom is 0.258 e. The van der Waals surface area contributed by atoms with E-state index < -0.39 is 0 Å². The number of aromatic nitrogens is 2. The number of hydrogen-bond acceptors (Lipinski definition) is 4. The summed E-state index contributed by atoms with van der Waals surface area (Å²) < 4.78 is 0. The van der Waals surface area contributed by atoms with Crippen molar-refractivity contribution in [3.63, 3.8) is 0 Å². The smallest absolute Gasteiger partial charge is 0.258 e. The Morgan fingerprint density at radius 3 is 2.64 bits per heavy atom. The maximum absolute atomic E-state index is 12.0. The largest absolute Gasteiger partial charge is 0.355 e. The second-order valence-corrected chi connectivity index (χ2v) is 7.38. The van der Waals surface area contributed by atoms with E-state index in [4.69, 9.17) is 0 Å². The standard InChI is InChI=1S/C21H30N4O2.ClH/c26-20(23-15-14-22-16-8-3-1-2-4-9-16)13-7-12-19-24-18-11-6-5-10-17(18)21(27)25-19;/h5-6,10-11,16,22H,1-4,7-9,12-15H2,(H,23,26)(H,24,25,27);1H. The predicted octanol–water partition coefficient (Wildman–Crippen LogP) is 3.10. The minimum Gasteiger partial charge on any atom is -0.355 e. The van der Waals surface area contributed by atoms with Crippen molar-refractivity contribution in [2.45, 2.75) is 63.8 Å². The van der Waals surface area contributed by atoms with Crippen LogP contribution in [-0.4, -0.2) is 35.0 Å². The number of halogens is 1. The number of para-hydroxylation sites is 1. The van der Waals surface area contributed by atoms with Gasteiger partial charge < -0.3 is 15.6 Å². The van der Waals surface area contributed by atoms with Crippen LogP contribution in [0.15, 0.2) is 29.1 Å². The number of nitrogens with zero attached hydrogens (tertiary/aromatic N) is 1. The fourth-order valence-electron chi connectivity index (χ4n) is 3.72. The molecule has 0 unspecified atom stereocenters. The summed E-state index contributed by atoms with van der Waals surface area (Å²) in [4.78, 5) is 31.3. The van der Waals surface area contributed by atoms with Crippen molar-refractivity contribution in [2.24, 2.45) is 0 Å². The highest BCUT2D eigenvalue weighted by Gasteiger charge is 2.11. The lowest BCUT2D eigenvalue weighted by Gasteiger charge is -2.16. The molecule has 1 aliphatic carbocycles. The first-order valence-electron chi connectivity index (χ1n) is 10.2. The summed E-state index contributed by atoms with van der Waals surface area (Å²) in [5, 5.41) is 7.13. The number of fused-ring (bicyclic) bond motifs is 1. The number of H-pyrrole nitrogens is 1. The van der Waals surface area contributed by atoms with Crippen LogP contribution in [0.3, 0.4) is 0 Å². The maximum atomic E-state index is 12.0. The van der Waals surface area contributed by atoms with Gasteiger partial charge in [-0.15, -0.1) is 12.4 Å². The predicted molar refractivity (Wildman–Crippen MR) is 115 cm³/mol. The van der Waals surface area contributed by atoms with Crippen LogP contribution >= 0.6 is 12.4 Å². The Morgan fingerprint density at radius 1 is 1.11 bits per heavy atom. The monoisotopic (exact) mass is 406 g/mol. The molecule has 0 saturated heterocycles. The molecular weight excluding hydrogens is 376 g/mol. The molecule has 1 fully saturated rings. The molecule has 6 nitrogen and oxygen atoms in total. The van der Waals surface area contributed by atoms with Gasteiger partial charge in [-0.1, -0.05) is 37.8 Å². The summed E-state index contributed by atoms with van der Waals surface area (Å²) in [6, 6.07) is 7.91. The van der Waals surface area contributed by atoms with E-state index in [1.807, 2.05) is 18.2 Å². The Kier molecular flexibility index (Phi) is 9.44. The van der Waals surface area contributed by atoms with Crippen LogP contribution in [0.1, 0.15) is 57.2 Å². The van der Waals surface area contributed by atoms with Gasteiger partial charge in [0.15, 0.2) is 0 Å². The van der Waals surface area contributed by atoms with Gasteiger partial charge >= 0.3 is 0 Å². The molecule has 0 bridgehead atoms. The minimum absolute atomic E-state index is 0. The van der Waals surface area contributed by atoms with Crippen LogP contribution in [0.2, 0.25) is 0 Å². The lowest BCUT2D eigenvalue weighted by molar-refractivity contribution is -0.121. The third-order valence-electron chi connectivity index (χ3n) is 5.21. The first-order valence-corrected chi connectivity index (χ1v) is 10.2. The normalized spacial score (nSPS) is 15.0. The lowest BCUT2D eigenvalue weighted by atomic mass is 10.1.